The highest BCUT2D eigenvalue weighted by molar-refractivity contribution is 9.11. The van der Waals surface area contributed by atoms with Gasteiger partial charge in [0, 0.05) is 5.69 Å². The summed E-state index contributed by atoms with van der Waals surface area (Å²) in [6.45, 7) is -0.253. The summed E-state index contributed by atoms with van der Waals surface area (Å²) in [5.41, 5.74) is 1.67. The van der Waals surface area contributed by atoms with E-state index >= 15 is 0 Å². The fourth-order valence-corrected chi connectivity index (χ4v) is 5.89. The number of benzene rings is 3. The molecular formula is C25H15Br2Cl2FN2O4S. The average molecular weight is 689 g/mol. The summed E-state index contributed by atoms with van der Waals surface area (Å²) in [7, 11) is 0. The fraction of sp³-hybridized carbons (Fsp3) is 0.0800. The van der Waals surface area contributed by atoms with Crippen molar-refractivity contribution in [2.45, 2.75) is 6.61 Å². The van der Waals surface area contributed by atoms with Crippen LogP contribution in [-0.2, 0) is 16.2 Å². The lowest BCUT2D eigenvalue weighted by Gasteiger charge is -2.13. The van der Waals surface area contributed by atoms with E-state index in [0.717, 1.165) is 28.3 Å². The maximum absolute atomic E-state index is 13.3. The maximum atomic E-state index is 13.3. The predicted molar refractivity (Wildman–Crippen MR) is 150 cm³/mol. The molecule has 0 atom stereocenters. The largest absolute Gasteiger partial charge is 0.487 e. The second-order valence-corrected chi connectivity index (χ2v) is 11.2. The van der Waals surface area contributed by atoms with Gasteiger partial charge in [-0.25, -0.2) is 4.39 Å². The van der Waals surface area contributed by atoms with Crippen LogP contribution in [0, 0.1) is 5.82 Å². The van der Waals surface area contributed by atoms with Crippen LogP contribution in [0.25, 0.3) is 6.08 Å². The highest BCUT2D eigenvalue weighted by Gasteiger charge is 2.36. The Morgan fingerprint density at radius 1 is 1.05 bits per heavy atom. The van der Waals surface area contributed by atoms with Crippen LogP contribution < -0.4 is 10.1 Å². The number of nitrogens with zero attached hydrogens (tertiary/aromatic N) is 1. The number of carbonyl (C=O) groups is 3. The van der Waals surface area contributed by atoms with E-state index in [1.807, 2.05) is 0 Å². The van der Waals surface area contributed by atoms with E-state index in [1.54, 1.807) is 36.4 Å². The quantitative estimate of drug-likeness (QED) is 0.256. The molecule has 4 rings (SSSR count). The van der Waals surface area contributed by atoms with Gasteiger partial charge in [0.2, 0.25) is 5.91 Å². The van der Waals surface area contributed by atoms with Gasteiger partial charge >= 0.3 is 0 Å². The molecule has 1 fully saturated rings. The minimum atomic E-state index is -0.622. The lowest BCUT2D eigenvalue weighted by molar-refractivity contribution is -0.127. The molecule has 37 heavy (non-hydrogen) atoms. The molecule has 0 aliphatic carbocycles. The summed E-state index contributed by atoms with van der Waals surface area (Å²) in [6.07, 6.45) is 1.55. The third-order valence-corrected chi connectivity index (χ3v) is 7.79. The van der Waals surface area contributed by atoms with Crippen molar-refractivity contribution < 1.29 is 23.5 Å². The third kappa shape index (κ3) is 6.94. The number of hydrogen-bond donors (Lipinski definition) is 1. The van der Waals surface area contributed by atoms with E-state index in [9.17, 15) is 18.8 Å². The lowest BCUT2D eigenvalue weighted by Crippen LogP contribution is -2.36. The van der Waals surface area contributed by atoms with Crippen molar-refractivity contribution in [3.05, 3.63) is 95.4 Å². The smallest absolute Gasteiger partial charge is 0.294 e. The summed E-state index contributed by atoms with van der Waals surface area (Å²) in [4.78, 5) is 38.5. The average Bonchev–Trinajstić information content (AvgIpc) is 3.08. The Kier molecular flexibility index (Phi) is 8.97. The monoisotopic (exact) mass is 686 g/mol. The number of carbonyl (C=O) groups excluding carboxylic acids is 3. The molecule has 3 amide bonds. The van der Waals surface area contributed by atoms with E-state index in [-0.39, 0.29) is 17.2 Å². The molecule has 0 radical (unpaired) electrons. The molecule has 3 aromatic rings. The summed E-state index contributed by atoms with van der Waals surface area (Å²) in [6, 6.07) is 14.0. The standard InChI is InChI=1S/C25H15Br2Cl2FN2O4S/c26-17-6-14(7-18(27)23(17)36-12-13-4-5-19(28)20(29)8-13)9-21-24(34)32(25(35)37-21)11-22(33)31-16-3-1-2-15(30)10-16/h1-10H,11-12H2,(H,31,33)/b21-9+. The van der Waals surface area contributed by atoms with E-state index in [2.05, 4.69) is 37.2 Å². The van der Waals surface area contributed by atoms with E-state index in [0.29, 0.717) is 30.3 Å². The minimum Gasteiger partial charge on any atom is -0.487 e. The van der Waals surface area contributed by atoms with Crippen molar-refractivity contribution in [2.24, 2.45) is 0 Å². The van der Waals surface area contributed by atoms with Gasteiger partial charge in [-0.2, -0.15) is 0 Å². The van der Waals surface area contributed by atoms with Crippen molar-refractivity contribution >= 4 is 95.6 Å². The van der Waals surface area contributed by atoms with Gasteiger partial charge in [0.1, 0.15) is 24.7 Å². The van der Waals surface area contributed by atoms with Gasteiger partial charge in [0.05, 0.1) is 23.9 Å². The first kappa shape index (κ1) is 27.7. The molecule has 1 saturated heterocycles. The van der Waals surface area contributed by atoms with Gasteiger partial charge in [0.25, 0.3) is 11.1 Å². The second kappa shape index (κ2) is 12.0. The first-order valence-electron chi connectivity index (χ1n) is 10.5. The summed E-state index contributed by atoms with van der Waals surface area (Å²) in [5.74, 6) is -1.21. The Morgan fingerprint density at radius 3 is 2.46 bits per heavy atom. The van der Waals surface area contributed by atoms with E-state index < -0.39 is 29.4 Å². The molecule has 1 aliphatic heterocycles. The molecule has 1 aliphatic rings. The van der Waals surface area contributed by atoms with Gasteiger partial charge in [-0.05, 0) is 103 Å². The Hall–Kier alpha value is -2.37. The van der Waals surface area contributed by atoms with Crippen molar-refractivity contribution in [3.63, 3.8) is 0 Å². The SMILES string of the molecule is O=C(CN1C(=O)S/C(=C/c2cc(Br)c(OCc3ccc(Cl)c(Cl)c3)c(Br)c2)C1=O)Nc1cccc(F)c1. The Labute approximate surface area is 242 Å². The molecule has 0 unspecified atom stereocenters. The Morgan fingerprint density at radius 2 is 1.78 bits per heavy atom. The van der Waals surface area contributed by atoms with Crippen LogP contribution in [0.4, 0.5) is 14.9 Å². The number of ether oxygens (including phenoxy) is 1. The summed E-state index contributed by atoms with van der Waals surface area (Å²) < 4.78 is 20.5. The zero-order chi connectivity index (χ0) is 26.7. The molecule has 190 valence electrons. The van der Waals surface area contributed by atoms with Gasteiger partial charge in [-0.15, -0.1) is 0 Å². The van der Waals surface area contributed by atoms with Crippen LogP contribution in [-0.4, -0.2) is 28.5 Å². The fourth-order valence-electron chi connectivity index (χ4n) is 3.28. The Bertz CT molecular complexity index is 1430. The van der Waals surface area contributed by atoms with E-state index in [1.165, 1.54) is 18.2 Å². The number of amides is 3. The van der Waals surface area contributed by atoms with Crippen LogP contribution in [0.3, 0.4) is 0 Å². The van der Waals surface area contributed by atoms with Crippen molar-refractivity contribution in [3.8, 4) is 5.75 Å². The van der Waals surface area contributed by atoms with Crippen LogP contribution in [0.1, 0.15) is 11.1 Å². The van der Waals surface area contributed by atoms with Gasteiger partial charge in [-0.1, -0.05) is 35.3 Å². The zero-order valence-electron chi connectivity index (χ0n) is 18.6. The van der Waals surface area contributed by atoms with Crippen LogP contribution in [0.5, 0.6) is 5.75 Å². The normalized spacial score (nSPS) is 14.4. The molecule has 1 N–H and O–H groups in total. The number of halogens is 5. The summed E-state index contributed by atoms with van der Waals surface area (Å²) >= 11 is 19.7. The molecule has 0 aromatic heterocycles. The topological polar surface area (TPSA) is 75.7 Å². The number of thioether (sulfide) groups is 1. The van der Waals surface area contributed by atoms with Crippen LogP contribution in [0.2, 0.25) is 10.0 Å². The number of rotatable bonds is 7. The predicted octanol–water partition coefficient (Wildman–Crippen LogP) is 7.91. The van der Waals surface area contributed by atoms with Crippen molar-refractivity contribution in [1.29, 1.82) is 0 Å². The molecular weight excluding hydrogens is 674 g/mol. The highest BCUT2D eigenvalue weighted by Crippen LogP contribution is 2.38. The molecule has 6 nitrogen and oxygen atoms in total. The molecule has 0 saturated carbocycles. The van der Waals surface area contributed by atoms with Gasteiger partial charge in [0.15, 0.2) is 0 Å². The first-order chi connectivity index (χ1) is 17.6. The van der Waals surface area contributed by atoms with Gasteiger partial charge in [-0.3, -0.25) is 19.3 Å². The second-order valence-electron chi connectivity index (χ2n) is 7.68. The molecule has 12 heteroatoms. The minimum absolute atomic E-state index is 0.159. The summed E-state index contributed by atoms with van der Waals surface area (Å²) in [5, 5.41) is 2.77. The molecule has 1 heterocycles. The lowest BCUT2D eigenvalue weighted by atomic mass is 10.2. The number of nitrogens with one attached hydrogen (secondary N) is 1. The van der Waals surface area contributed by atoms with Crippen LogP contribution >= 0.6 is 66.8 Å². The molecule has 0 bridgehead atoms. The first-order valence-corrected chi connectivity index (χ1v) is 13.6. The van der Waals surface area contributed by atoms with Crippen molar-refractivity contribution in [2.75, 3.05) is 11.9 Å². The van der Waals surface area contributed by atoms with E-state index in [4.69, 9.17) is 27.9 Å². The number of imide groups is 1. The maximum Gasteiger partial charge on any atom is 0.294 e. The number of anilines is 1. The number of hydrogen-bond acceptors (Lipinski definition) is 5. The Balaban J connectivity index is 1.44. The molecule has 3 aromatic carbocycles. The van der Waals surface area contributed by atoms with Crippen molar-refractivity contribution in [1.82, 2.24) is 4.90 Å². The zero-order valence-corrected chi connectivity index (χ0v) is 24.1. The molecule has 0 spiro atoms. The third-order valence-electron chi connectivity index (χ3n) is 4.97. The highest BCUT2D eigenvalue weighted by atomic mass is 79.9. The van der Waals surface area contributed by atoms with Crippen LogP contribution in [0.15, 0.2) is 68.4 Å². The van der Waals surface area contributed by atoms with Gasteiger partial charge < -0.3 is 10.1 Å².